The summed E-state index contributed by atoms with van der Waals surface area (Å²) in [6.07, 6.45) is 3.61. The van der Waals surface area contributed by atoms with Crippen molar-refractivity contribution in [3.05, 3.63) is 35.5 Å². The van der Waals surface area contributed by atoms with Gasteiger partial charge in [0, 0.05) is 19.5 Å². The molecule has 2 heterocycles. The normalized spacial score (nSPS) is 15.0. The molecule has 0 aliphatic carbocycles. The number of aromatic nitrogens is 1. The van der Waals surface area contributed by atoms with E-state index in [0.29, 0.717) is 29.5 Å². The first-order valence-corrected chi connectivity index (χ1v) is 13.3. The predicted molar refractivity (Wildman–Crippen MR) is 123 cm³/mol. The van der Waals surface area contributed by atoms with Gasteiger partial charge in [-0.25, -0.2) is 13.4 Å². The molecular formula is C20H26N4O4S3. The van der Waals surface area contributed by atoms with Gasteiger partial charge in [-0.2, -0.15) is 4.31 Å². The molecule has 1 fully saturated rings. The van der Waals surface area contributed by atoms with Gasteiger partial charge in [0.1, 0.15) is 0 Å². The van der Waals surface area contributed by atoms with Gasteiger partial charge < -0.3 is 11.1 Å². The molecule has 8 nitrogen and oxygen atoms in total. The number of amides is 2. The molecule has 0 radical (unpaired) electrons. The van der Waals surface area contributed by atoms with Crippen molar-refractivity contribution in [2.75, 3.05) is 24.2 Å². The van der Waals surface area contributed by atoms with E-state index in [-0.39, 0.29) is 18.1 Å². The topological polar surface area (TPSA) is 122 Å². The number of sulfonamides is 1. The number of carbonyl (C=O) groups excluding carboxylic acids is 2. The van der Waals surface area contributed by atoms with Crippen molar-refractivity contribution in [1.29, 1.82) is 0 Å². The summed E-state index contributed by atoms with van der Waals surface area (Å²) in [4.78, 5) is 27.8. The lowest BCUT2D eigenvalue weighted by Crippen LogP contribution is -2.35. The van der Waals surface area contributed by atoms with Gasteiger partial charge in [-0.1, -0.05) is 29.9 Å². The largest absolute Gasteiger partial charge is 0.369 e. The van der Waals surface area contributed by atoms with Crippen molar-refractivity contribution in [2.45, 2.75) is 48.1 Å². The Hall–Kier alpha value is -1.95. The summed E-state index contributed by atoms with van der Waals surface area (Å²) in [6, 6.07) is 6.75. The second-order valence-corrected chi connectivity index (χ2v) is 11.5. The summed E-state index contributed by atoms with van der Waals surface area (Å²) in [5, 5.41) is 3.26. The standard InChI is InChI=1S/C20H26N4O4S3/c1-14-19(29-13-17(21)25)30-20(22-14)23-18(26)10-7-15-5-8-16(9-6-15)31(27,28)24-11-3-2-4-12-24/h5-6,8-9H,2-4,7,10-13H2,1H3,(H2,21,25)(H,22,23,26). The highest BCUT2D eigenvalue weighted by Gasteiger charge is 2.25. The van der Waals surface area contributed by atoms with Crippen LogP contribution in [0.4, 0.5) is 5.13 Å². The molecule has 1 aliphatic rings. The quantitative estimate of drug-likeness (QED) is 0.530. The van der Waals surface area contributed by atoms with Crippen molar-refractivity contribution < 1.29 is 18.0 Å². The number of nitrogens with zero attached hydrogens (tertiary/aromatic N) is 2. The van der Waals surface area contributed by atoms with Crippen LogP contribution in [0.3, 0.4) is 0 Å². The smallest absolute Gasteiger partial charge is 0.243 e. The Morgan fingerprint density at radius 3 is 2.52 bits per heavy atom. The number of carbonyl (C=O) groups is 2. The Morgan fingerprint density at radius 1 is 1.19 bits per heavy atom. The first-order valence-electron chi connectivity index (χ1n) is 10.0. The Balaban J connectivity index is 1.52. The fraction of sp³-hybridized carbons (Fsp3) is 0.450. The third-order valence-electron chi connectivity index (χ3n) is 4.86. The van der Waals surface area contributed by atoms with E-state index in [0.717, 1.165) is 34.7 Å². The Labute approximate surface area is 190 Å². The van der Waals surface area contributed by atoms with Gasteiger partial charge in [0.25, 0.3) is 0 Å². The Morgan fingerprint density at radius 2 is 1.87 bits per heavy atom. The lowest BCUT2D eigenvalue weighted by molar-refractivity contribution is -0.116. The van der Waals surface area contributed by atoms with E-state index in [4.69, 9.17) is 5.73 Å². The zero-order valence-corrected chi connectivity index (χ0v) is 19.7. The number of hydrogen-bond acceptors (Lipinski definition) is 7. The second kappa shape index (κ2) is 10.6. The minimum atomic E-state index is -3.45. The minimum Gasteiger partial charge on any atom is -0.369 e. The third-order valence-corrected chi connectivity index (χ3v) is 9.23. The molecule has 3 rings (SSSR count). The van der Waals surface area contributed by atoms with Crippen molar-refractivity contribution in [1.82, 2.24) is 9.29 Å². The molecule has 0 atom stereocenters. The maximum absolute atomic E-state index is 12.7. The molecule has 168 valence electrons. The zero-order chi connectivity index (χ0) is 22.4. The summed E-state index contributed by atoms with van der Waals surface area (Å²) < 4.78 is 27.8. The molecule has 0 bridgehead atoms. The van der Waals surface area contributed by atoms with Crippen molar-refractivity contribution >= 4 is 50.1 Å². The van der Waals surface area contributed by atoms with Gasteiger partial charge in [0.2, 0.25) is 21.8 Å². The van der Waals surface area contributed by atoms with Gasteiger partial charge in [-0.15, -0.1) is 11.8 Å². The Kier molecular flexibility index (Phi) is 8.09. The van der Waals surface area contributed by atoms with Crippen molar-refractivity contribution in [3.63, 3.8) is 0 Å². The maximum atomic E-state index is 12.7. The van der Waals surface area contributed by atoms with E-state index < -0.39 is 15.9 Å². The van der Waals surface area contributed by atoms with Crippen LogP contribution in [0.1, 0.15) is 36.9 Å². The van der Waals surface area contributed by atoms with Crippen LogP contribution in [0.5, 0.6) is 0 Å². The van der Waals surface area contributed by atoms with Gasteiger partial charge in [0.15, 0.2) is 5.13 Å². The summed E-state index contributed by atoms with van der Waals surface area (Å²) in [5.41, 5.74) is 6.80. The lowest BCUT2D eigenvalue weighted by atomic mass is 10.1. The predicted octanol–water partition coefficient (Wildman–Crippen LogP) is 2.77. The second-order valence-electron chi connectivity index (χ2n) is 7.30. The lowest BCUT2D eigenvalue weighted by Gasteiger charge is -2.25. The van der Waals surface area contributed by atoms with E-state index in [9.17, 15) is 18.0 Å². The number of benzene rings is 1. The van der Waals surface area contributed by atoms with E-state index in [1.54, 1.807) is 28.6 Å². The molecule has 0 spiro atoms. The number of nitrogens with two attached hydrogens (primary N) is 1. The summed E-state index contributed by atoms with van der Waals surface area (Å²) in [6.45, 7) is 2.96. The molecule has 1 aromatic carbocycles. The average Bonchev–Trinajstić information content (AvgIpc) is 3.10. The fourth-order valence-corrected chi connectivity index (χ4v) is 6.64. The summed E-state index contributed by atoms with van der Waals surface area (Å²) in [5.74, 6) is -0.414. The molecule has 1 saturated heterocycles. The monoisotopic (exact) mass is 482 g/mol. The number of thioether (sulfide) groups is 1. The van der Waals surface area contributed by atoms with Crippen LogP contribution in [0.15, 0.2) is 33.4 Å². The van der Waals surface area contributed by atoms with Gasteiger partial charge in [0.05, 0.1) is 20.6 Å². The van der Waals surface area contributed by atoms with Gasteiger partial charge in [-0.3, -0.25) is 9.59 Å². The van der Waals surface area contributed by atoms with E-state index in [2.05, 4.69) is 10.3 Å². The molecular weight excluding hydrogens is 456 g/mol. The van der Waals surface area contributed by atoms with E-state index in [1.165, 1.54) is 23.1 Å². The first-order chi connectivity index (χ1) is 14.8. The van der Waals surface area contributed by atoms with Crippen LogP contribution in [0.25, 0.3) is 0 Å². The minimum absolute atomic E-state index is 0.167. The van der Waals surface area contributed by atoms with E-state index >= 15 is 0 Å². The molecule has 1 aliphatic heterocycles. The SMILES string of the molecule is Cc1nc(NC(=O)CCc2ccc(S(=O)(=O)N3CCCCC3)cc2)sc1SCC(N)=O. The zero-order valence-electron chi connectivity index (χ0n) is 17.3. The maximum Gasteiger partial charge on any atom is 0.243 e. The Bertz CT molecular complexity index is 1030. The van der Waals surface area contributed by atoms with Crippen LogP contribution >= 0.6 is 23.1 Å². The summed E-state index contributed by atoms with van der Waals surface area (Å²) in [7, 11) is -3.45. The molecule has 2 aromatic rings. The number of thiazole rings is 1. The number of nitrogens with one attached hydrogen (secondary N) is 1. The van der Waals surface area contributed by atoms with Crippen molar-refractivity contribution in [3.8, 4) is 0 Å². The number of rotatable bonds is 9. The molecule has 3 N–H and O–H groups in total. The van der Waals surface area contributed by atoms with Crippen LogP contribution < -0.4 is 11.1 Å². The number of hydrogen-bond donors (Lipinski definition) is 2. The highest BCUT2D eigenvalue weighted by molar-refractivity contribution is 8.01. The first kappa shape index (κ1) is 23.7. The molecule has 2 amide bonds. The third kappa shape index (κ3) is 6.52. The van der Waals surface area contributed by atoms with Crippen LogP contribution in [-0.4, -0.2) is 48.4 Å². The molecule has 0 unspecified atom stereocenters. The number of aryl methyl sites for hydroxylation is 2. The van der Waals surface area contributed by atoms with Crippen LogP contribution in [0, 0.1) is 6.92 Å². The molecule has 11 heteroatoms. The number of anilines is 1. The van der Waals surface area contributed by atoms with Crippen LogP contribution in [-0.2, 0) is 26.0 Å². The summed E-state index contributed by atoms with van der Waals surface area (Å²) >= 11 is 2.61. The molecule has 0 saturated carbocycles. The highest BCUT2D eigenvalue weighted by Crippen LogP contribution is 2.32. The average molecular weight is 483 g/mol. The number of primary amides is 1. The number of piperidine rings is 1. The van der Waals surface area contributed by atoms with E-state index in [1.807, 2.05) is 6.92 Å². The molecule has 31 heavy (non-hydrogen) atoms. The highest BCUT2D eigenvalue weighted by atomic mass is 32.2. The molecule has 1 aromatic heterocycles. The van der Waals surface area contributed by atoms with Crippen molar-refractivity contribution in [2.24, 2.45) is 5.73 Å². The van der Waals surface area contributed by atoms with Gasteiger partial charge in [-0.05, 0) is 43.9 Å². The van der Waals surface area contributed by atoms with Gasteiger partial charge >= 0.3 is 0 Å². The van der Waals surface area contributed by atoms with Crippen LogP contribution in [0.2, 0.25) is 0 Å². The fourth-order valence-electron chi connectivity index (χ4n) is 3.23.